The van der Waals surface area contributed by atoms with Gasteiger partial charge < -0.3 is 5.73 Å². The van der Waals surface area contributed by atoms with Crippen LogP contribution in [0, 0.1) is 12.8 Å². The monoisotopic (exact) mass is 269 g/mol. The van der Waals surface area contributed by atoms with Gasteiger partial charge in [0.25, 0.3) is 0 Å². The van der Waals surface area contributed by atoms with E-state index in [0.29, 0.717) is 12.0 Å². The van der Waals surface area contributed by atoms with Crippen molar-refractivity contribution in [3.8, 4) is 0 Å². The van der Waals surface area contributed by atoms with Crippen molar-refractivity contribution in [1.29, 1.82) is 0 Å². The quantitative estimate of drug-likeness (QED) is 0.916. The molecule has 3 nitrogen and oxygen atoms in total. The zero-order valence-electron chi connectivity index (χ0n) is 11.3. The van der Waals surface area contributed by atoms with Crippen LogP contribution in [0.5, 0.6) is 0 Å². The summed E-state index contributed by atoms with van der Waals surface area (Å²) in [6.07, 6.45) is 4.42. The van der Waals surface area contributed by atoms with Crippen molar-refractivity contribution in [3.63, 3.8) is 0 Å². The number of aromatic nitrogens is 1. The smallest absolute Gasteiger partial charge is 0.0573 e. The molecule has 1 aromatic rings. The topological polar surface area (TPSA) is 42.2 Å². The van der Waals surface area contributed by atoms with Crippen LogP contribution in [0.1, 0.15) is 31.0 Å². The number of likely N-dealkylation sites (tertiary alicyclic amines) is 1. The van der Waals surface area contributed by atoms with Crippen LogP contribution >= 0.6 is 12.4 Å². The van der Waals surface area contributed by atoms with Crippen molar-refractivity contribution in [2.45, 2.75) is 39.3 Å². The summed E-state index contributed by atoms with van der Waals surface area (Å²) >= 11 is 0. The molecule has 0 radical (unpaired) electrons. The van der Waals surface area contributed by atoms with E-state index in [1.807, 2.05) is 12.3 Å². The van der Waals surface area contributed by atoms with Crippen molar-refractivity contribution in [1.82, 2.24) is 9.88 Å². The molecule has 2 atom stereocenters. The van der Waals surface area contributed by atoms with E-state index in [2.05, 4.69) is 29.8 Å². The van der Waals surface area contributed by atoms with Gasteiger partial charge in [-0.1, -0.05) is 6.07 Å². The van der Waals surface area contributed by atoms with Gasteiger partial charge in [0.1, 0.15) is 0 Å². The molecule has 18 heavy (non-hydrogen) atoms. The number of piperidine rings is 1. The molecule has 2 N–H and O–H groups in total. The minimum absolute atomic E-state index is 0. The highest BCUT2D eigenvalue weighted by Crippen LogP contribution is 2.20. The molecule has 2 unspecified atom stereocenters. The fourth-order valence-electron chi connectivity index (χ4n) is 2.56. The second-order valence-corrected chi connectivity index (χ2v) is 5.26. The van der Waals surface area contributed by atoms with Crippen LogP contribution in [0.2, 0.25) is 0 Å². The second kappa shape index (κ2) is 7.07. The summed E-state index contributed by atoms with van der Waals surface area (Å²) in [7, 11) is 0. The first-order valence-corrected chi connectivity index (χ1v) is 6.55. The number of aryl methyl sites for hydroxylation is 1. The molecule has 1 aliphatic heterocycles. The van der Waals surface area contributed by atoms with Crippen molar-refractivity contribution in [2.24, 2.45) is 11.7 Å². The number of halogens is 1. The highest BCUT2D eigenvalue weighted by Gasteiger charge is 2.22. The molecule has 0 aromatic carbocycles. The van der Waals surface area contributed by atoms with Gasteiger partial charge in [-0.2, -0.15) is 0 Å². The Morgan fingerprint density at radius 2 is 2.33 bits per heavy atom. The normalized spacial score (nSPS) is 22.3. The molecule has 0 saturated carbocycles. The van der Waals surface area contributed by atoms with Crippen LogP contribution in [0.4, 0.5) is 0 Å². The first kappa shape index (κ1) is 15.4. The summed E-state index contributed by atoms with van der Waals surface area (Å²) in [5, 5.41) is 0. The van der Waals surface area contributed by atoms with Crippen LogP contribution in [-0.4, -0.2) is 29.0 Å². The van der Waals surface area contributed by atoms with Crippen molar-refractivity contribution in [2.75, 3.05) is 13.1 Å². The lowest BCUT2D eigenvalue weighted by Gasteiger charge is -2.34. The predicted octanol–water partition coefficient (Wildman–Crippen LogP) is 2.37. The first-order valence-electron chi connectivity index (χ1n) is 6.55. The Kier molecular flexibility index (Phi) is 6.06. The summed E-state index contributed by atoms with van der Waals surface area (Å²) in [5.74, 6) is 0.646. The molecule has 2 rings (SSSR count). The molecule has 0 spiro atoms. The highest BCUT2D eigenvalue weighted by molar-refractivity contribution is 5.85. The van der Waals surface area contributed by atoms with Crippen molar-refractivity contribution in [3.05, 3.63) is 29.6 Å². The number of nitrogens with two attached hydrogens (primary N) is 1. The van der Waals surface area contributed by atoms with Gasteiger partial charge in [0.2, 0.25) is 0 Å². The third kappa shape index (κ3) is 3.94. The van der Waals surface area contributed by atoms with E-state index in [9.17, 15) is 0 Å². The Morgan fingerprint density at radius 3 is 3.00 bits per heavy atom. The summed E-state index contributed by atoms with van der Waals surface area (Å²) in [4.78, 5) is 6.96. The zero-order chi connectivity index (χ0) is 12.3. The number of nitrogens with zero attached hydrogens (tertiary/aromatic N) is 2. The van der Waals surface area contributed by atoms with Gasteiger partial charge in [0.15, 0.2) is 0 Å². The average molecular weight is 270 g/mol. The van der Waals surface area contributed by atoms with Gasteiger partial charge >= 0.3 is 0 Å². The average Bonchev–Trinajstić information content (AvgIpc) is 2.32. The maximum absolute atomic E-state index is 6.01. The Bertz CT molecular complexity index is 368. The van der Waals surface area contributed by atoms with Gasteiger partial charge in [-0.25, -0.2) is 0 Å². The summed E-state index contributed by atoms with van der Waals surface area (Å²) < 4.78 is 0. The van der Waals surface area contributed by atoms with E-state index >= 15 is 0 Å². The molecule has 1 saturated heterocycles. The molecular weight excluding hydrogens is 246 g/mol. The third-order valence-corrected chi connectivity index (χ3v) is 3.78. The number of rotatable bonds is 3. The molecule has 0 bridgehead atoms. The predicted molar refractivity (Wildman–Crippen MR) is 77.9 cm³/mol. The Balaban J connectivity index is 0.00000162. The van der Waals surface area contributed by atoms with Crippen LogP contribution < -0.4 is 5.73 Å². The first-order chi connectivity index (χ1) is 8.16. The van der Waals surface area contributed by atoms with Crippen LogP contribution in [0.25, 0.3) is 0 Å². The molecule has 1 aliphatic rings. The molecule has 102 valence electrons. The zero-order valence-corrected chi connectivity index (χ0v) is 12.1. The Morgan fingerprint density at radius 1 is 1.56 bits per heavy atom. The lowest BCUT2D eigenvalue weighted by Crippen LogP contribution is -2.42. The number of hydrogen-bond acceptors (Lipinski definition) is 3. The van der Waals surface area contributed by atoms with Crippen molar-refractivity contribution < 1.29 is 0 Å². The van der Waals surface area contributed by atoms with Gasteiger partial charge in [-0.05, 0) is 50.8 Å². The molecular formula is C14H24ClN3. The van der Waals surface area contributed by atoms with E-state index in [-0.39, 0.29) is 12.4 Å². The van der Waals surface area contributed by atoms with Gasteiger partial charge in [0.05, 0.1) is 5.69 Å². The molecule has 0 aliphatic carbocycles. The minimum Gasteiger partial charge on any atom is -0.328 e. The maximum atomic E-state index is 6.01. The highest BCUT2D eigenvalue weighted by atomic mass is 35.5. The van der Waals surface area contributed by atoms with Crippen molar-refractivity contribution >= 4 is 12.4 Å². The van der Waals surface area contributed by atoms with E-state index in [4.69, 9.17) is 5.73 Å². The lowest BCUT2D eigenvalue weighted by molar-refractivity contribution is 0.152. The van der Waals surface area contributed by atoms with Crippen LogP contribution in [-0.2, 0) is 6.54 Å². The molecule has 1 aromatic heterocycles. The van der Waals surface area contributed by atoms with Gasteiger partial charge in [-0.15, -0.1) is 12.4 Å². The molecule has 4 heteroatoms. The summed E-state index contributed by atoms with van der Waals surface area (Å²) in [6.45, 7) is 7.53. The van der Waals surface area contributed by atoms with Crippen LogP contribution in [0.15, 0.2) is 18.3 Å². The SMILES string of the molecule is Cc1cccnc1CN1CCCC(C(C)N)C1.Cl. The van der Waals surface area contributed by atoms with E-state index < -0.39 is 0 Å². The van der Waals surface area contributed by atoms with Gasteiger partial charge in [-0.3, -0.25) is 9.88 Å². The maximum Gasteiger partial charge on any atom is 0.0573 e. The van der Waals surface area contributed by atoms with Crippen LogP contribution in [0.3, 0.4) is 0 Å². The number of pyridine rings is 1. The Hall–Kier alpha value is -0.640. The molecule has 1 fully saturated rings. The minimum atomic E-state index is 0. The van der Waals surface area contributed by atoms with E-state index in [1.54, 1.807) is 0 Å². The third-order valence-electron chi connectivity index (χ3n) is 3.78. The standard InChI is InChI=1S/C14H23N3.ClH/c1-11-5-3-7-16-14(11)10-17-8-4-6-13(9-17)12(2)15;/h3,5,7,12-13H,4,6,8-10,15H2,1-2H3;1H. The number of hydrogen-bond donors (Lipinski definition) is 1. The van der Waals surface area contributed by atoms with E-state index in [0.717, 1.165) is 13.1 Å². The largest absolute Gasteiger partial charge is 0.328 e. The summed E-state index contributed by atoms with van der Waals surface area (Å²) in [6, 6.07) is 4.44. The summed E-state index contributed by atoms with van der Waals surface area (Å²) in [5.41, 5.74) is 8.50. The fourth-order valence-corrected chi connectivity index (χ4v) is 2.56. The second-order valence-electron chi connectivity index (χ2n) is 5.26. The lowest BCUT2D eigenvalue weighted by atomic mass is 9.92. The fraction of sp³-hybridized carbons (Fsp3) is 0.643. The Labute approximate surface area is 116 Å². The van der Waals surface area contributed by atoms with Gasteiger partial charge in [0, 0.05) is 25.3 Å². The van der Waals surface area contributed by atoms with E-state index in [1.165, 1.54) is 30.6 Å². The molecule has 2 heterocycles. The molecule has 0 amide bonds.